The molecular formula is C12H17FINOS. The Labute approximate surface area is 118 Å². The van der Waals surface area contributed by atoms with Gasteiger partial charge in [-0.3, -0.25) is 5.14 Å². The van der Waals surface area contributed by atoms with E-state index >= 15 is 0 Å². The highest BCUT2D eigenvalue weighted by molar-refractivity contribution is 14.1. The van der Waals surface area contributed by atoms with Crippen LogP contribution in [0.2, 0.25) is 0 Å². The molecule has 1 aromatic rings. The Morgan fingerprint density at radius 2 is 2.12 bits per heavy atom. The molecule has 0 aromatic heterocycles. The second-order valence-electron chi connectivity index (χ2n) is 4.81. The first kappa shape index (κ1) is 15.0. The van der Waals surface area contributed by atoms with E-state index in [1.807, 2.05) is 49.4 Å². The first-order valence-electron chi connectivity index (χ1n) is 5.36. The summed E-state index contributed by atoms with van der Waals surface area (Å²) in [5, 5.41) is 5.44. The third-order valence-corrected chi connectivity index (χ3v) is 4.94. The average Bonchev–Trinajstić information content (AvgIpc) is 2.21. The molecule has 0 aliphatic rings. The minimum atomic E-state index is -1.41. The zero-order chi connectivity index (χ0) is 13.2. The fourth-order valence-electron chi connectivity index (χ4n) is 1.83. The summed E-state index contributed by atoms with van der Waals surface area (Å²) in [6.45, 7) is 5.61. The molecule has 2 nitrogen and oxygen atoms in total. The van der Waals surface area contributed by atoms with Crippen molar-refractivity contribution in [1.82, 2.24) is 0 Å². The van der Waals surface area contributed by atoms with E-state index in [0.717, 1.165) is 0 Å². The lowest BCUT2D eigenvalue weighted by Gasteiger charge is -2.25. The van der Waals surface area contributed by atoms with Gasteiger partial charge in [-0.05, 0) is 60.4 Å². The van der Waals surface area contributed by atoms with Crippen LogP contribution >= 0.6 is 22.6 Å². The van der Waals surface area contributed by atoms with Gasteiger partial charge >= 0.3 is 0 Å². The maximum absolute atomic E-state index is 13.9. The molecule has 0 amide bonds. The van der Waals surface area contributed by atoms with Gasteiger partial charge in [-0.25, -0.2) is 8.60 Å². The van der Waals surface area contributed by atoms with Crippen LogP contribution in [-0.4, -0.2) is 8.96 Å². The summed E-state index contributed by atoms with van der Waals surface area (Å²) >= 11 is 1.97. The van der Waals surface area contributed by atoms with Gasteiger partial charge in [-0.2, -0.15) is 0 Å². The summed E-state index contributed by atoms with van der Waals surface area (Å²) < 4.78 is 25.4. The van der Waals surface area contributed by atoms with Gasteiger partial charge in [-0.1, -0.05) is 19.1 Å². The number of nitrogens with two attached hydrogens (primary N) is 1. The van der Waals surface area contributed by atoms with Crippen LogP contribution in [0, 0.1) is 9.39 Å². The van der Waals surface area contributed by atoms with Gasteiger partial charge in [0.15, 0.2) is 0 Å². The molecule has 96 valence electrons. The van der Waals surface area contributed by atoms with Crippen molar-refractivity contribution in [2.24, 2.45) is 5.14 Å². The molecule has 0 bridgehead atoms. The van der Waals surface area contributed by atoms with E-state index in [0.29, 0.717) is 15.6 Å². The summed E-state index contributed by atoms with van der Waals surface area (Å²) in [6.07, 6.45) is 0.590. The number of hydrogen-bond acceptors (Lipinski definition) is 1. The molecule has 1 rings (SSSR count). The molecule has 0 saturated carbocycles. The van der Waals surface area contributed by atoms with E-state index in [1.165, 1.54) is 0 Å². The lowest BCUT2D eigenvalue weighted by molar-refractivity contribution is 0.514. The van der Waals surface area contributed by atoms with Gasteiger partial charge in [0.1, 0.15) is 5.82 Å². The van der Waals surface area contributed by atoms with Crippen molar-refractivity contribution in [1.29, 1.82) is 0 Å². The monoisotopic (exact) mass is 369 g/mol. The van der Waals surface area contributed by atoms with Crippen LogP contribution in [-0.2, 0) is 11.0 Å². The van der Waals surface area contributed by atoms with Crippen LogP contribution in [0.3, 0.4) is 0 Å². The molecule has 1 aromatic carbocycles. The van der Waals surface area contributed by atoms with Crippen LogP contribution in [0.4, 0.5) is 4.39 Å². The molecule has 0 spiro atoms. The Morgan fingerprint density at radius 3 is 2.65 bits per heavy atom. The van der Waals surface area contributed by atoms with E-state index in [2.05, 4.69) is 0 Å². The average molecular weight is 369 g/mol. The van der Waals surface area contributed by atoms with Crippen LogP contribution in [0.25, 0.3) is 0 Å². The van der Waals surface area contributed by atoms with Crippen LogP contribution in [0.5, 0.6) is 0 Å². The Balaban J connectivity index is 2.94. The van der Waals surface area contributed by atoms with E-state index in [1.54, 1.807) is 12.1 Å². The van der Waals surface area contributed by atoms with Crippen molar-refractivity contribution in [3.05, 3.63) is 33.1 Å². The maximum atomic E-state index is 13.9. The summed E-state index contributed by atoms with van der Waals surface area (Å²) in [5.41, 5.74) is 0.662. The van der Waals surface area contributed by atoms with Gasteiger partial charge in [0.25, 0.3) is 0 Å². The Bertz CT molecular complexity index is 437. The Morgan fingerprint density at radius 1 is 1.53 bits per heavy atom. The predicted octanol–water partition coefficient (Wildman–Crippen LogP) is 3.32. The molecule has 5 heteroatoms. The van der Waals surface area contributed by atoms with Gasteiger partial charge in [-0.15, -0.1) is 0 Å². The molecule has 17 heavy (non-hydrogen) atoms. The molecule has 0 heterocycles. The highest BCUT2D eigenvalue weighted by atomic mass is 127. The normalized spacial score (nSPS) is 15.6. The number of hydrogen-bond donors (Lipinski definition) is 1. The molecule has 0 radical (unpaired) electrons. The van der Waals surface area contributed by atoms with Gasteiger partial charge in [0.05, 0.1) is 15.7 Å². The Hall–Kier alpha value is -0.0100. The van der Waals surface area contributed by atoms with Gasteiger partial charge in [0, 0.05) is 3.57 Å². The van der Waals surface area contributed by atoms with Gasteiger partial charge in [0.2, 0.25) is 0 Å². The number of rotatable bonds is 4. The lowest BCUT2D eigenvalue weighted by atomic mass is 9.91. The highest BCUT2D eigenvalue weighted by Crippen LogP contribution is 2.31. The standard InChI is InChI=1S/C12H17FINOS/c1-8(7-12(2,3)17(15)16)9-5-4-6-10(14)11(9)13/h4-6,8H,7,15H2,1-3H3/t8-,17?/m1/s1. The first-order valence-corrected chi connectivity index (χ1v) is 7.65. The molecule has 0 saturated heterocycles. The van der Waals surface area contributed by atoms with Crippen LogP contribution in [0.1, 0.15) is 38.7 Å². The minimum absolute atomic E-state index is 0.00721. The van der Waals surface area contributed by atoms with Crippen LogP contribution in [0.15, 0.2) is 18.2 Å². The van der Waals surface area contributed by atoms with E-state index in [4.69, 9.17) is 5.14 Å². The molecule has 0 fully saturated rings. The topological polar surface area (TPSA) is 43.1 Å². The van der Waals surface area contributed by atoms with Crippen molar-refractivity contribution in [3.63, 3.8) is 0 Å². The number of halogens is 2. The van der Waals surface area contributed by atoms with E-state index in [-0.39, 0.29) is 11.7 Å². The molecule has 2 N–H and O–H groups in total. The van der Waals surface area contributed by atoms with Gasteiger partial charge < -0.3 is 0 Å². The lowest BCUT2D eigenvalue weighted by Crippen LogP contribution is -2.33. The third kappa shape index (κ3) is 3.72. The Kier molecular flexibility index (Phi) is 5.09. The predicted molar refractivity (Wildman–Crippen MR) is 78.6 cm³/mol. The van der Waals surface area contributed by atoms with Crippen molar-refractivity contribution in [2.45, 2.75) is 37.9 Å². The first-order chi connectivity index (χ1) is 7.75. The number of benzene rings is 1. The molecular weight excluding hydrogens is 352 g/mol. The highest BCUT2D eigenvalue weighted by Gasteiger charge is 2.27. The fraction of sp³-hybridized carbons (Fsp3) is 0.500. The summed E-state index contributed by atoms with van der Waals surface area (Å²) in [4.78, 5) is 0. The molecule has 1 unspecified atom stereocenters. The van der Waals surface area contributed by atoms with Crippen molar-refractivity contribution in [2.75, 3.05) is 0 Å². The van der Waals surface area contributed by atoms with Crippen molar-refractivity contribution >= 4 is 33.6 Å². The second-order valence-corrected chi connectivity index (χ2v) is 7.67. The zero-order valence-corrected chi connectivity index (χ0v) is 13.1. The molecule has 2 atom stereocenters. The van der Waals surface area contributed by atoms with Crippen molar-refractivity contribution in [3.8, 4) is 0 Å². The maximum Gasteiger partial charge on any atom is 0.139 e. The minimum Gasteiger partial charge on any atom is -0.251 e. The SMILES string of the molecule is C[C@H](CC(C)(C)S(N)=O)c1cccc(I)c1F. The largest absolute Gasteiger partial charge is 0.251 e. The third-order valence-electron chi connectivity index (χ3n) is 2.85. The zero-order valence-electron chi connectivity index (χ0n) is 10.2. The summed E-state index contributed by atoms with van der Waals surface area (Å²) in [5.74, 6) is -0.189. The van der Waals surface area contributed by atoms with Crippen LogP contribution < -0.4 is 5.14 Å². The van der Waals surface area contributed by atoms with E-state index in [9.17, 15) is 8.60 Å². The summed E-state index contributed by atoms with van der Waals surface area (Å²) in [6, 6.07) is 5.35. The smallest absolute Gasteiger partial charge is 0.139 e. The molecule has 0 aliphatic heterocycles. The van der Waals surface area contributed by atoms with E-state index < -0.39 is 15.7 Å². The molecule has 0 aliphatic carbocycles. The quantitative estimate of drug-likeness (QED) is 0.813. The van der Waals surface area contributed by atoms with Crippen molar-refractivity contribution < 1.29 is 8.60 Å². The second kappa shape index (κ2) is 5.75. The fourth-order valence-corrected chi connectivity index (χ4v) is 2.76. The summed E-state index contributed by atoms with van der Waals surface area (Å²) in [7, 11) is -1.41.